The highest BCUT2D eigenvalue weighted by Gasteiger charge is 2.35. The first kappa shape index (κ1) is 25.9. The van der Waals surface area contributed by atoms with Gasteiger partial charge in [0.1, 0.15) is 11.8 Å². The molecule has 202 valence electrons. The molecule has 0 amide bonds. The van der Waals surface area contributed by atoms with Crippen LogP contribution in [0.3, 0.4) is 0 Å². The van der Waals surface area contributed by atoms with Gasteiger partial charge in [0.25, 0.3) is 5.56 Å². The molecule has 2 atom stereocenters. The molecule has 0 bridgehead atoms. The Bertz CT molecular complexity index is 1430. The van der Waals surface area contributed by atoms with Gasteiger partial charge in [-0.3, -0.25) is 9.69 Å². The number of benzene rings is 1. The second kappa shape index (κ2) is 10.6. The molecule has 0 unspecified atom stereocenters. The van der Waals surface area contributed by atoms with Crippen molar-refractivity contribution < 1.29 is 18.6 Å². The zero-order valence-electron chi connectivity index (χ0n) is 22.4. The van der Waals surface area contributed by atoms with Gasteiger partial charge in [-0.1, -0.05) is 0 Å². The van der Waals surface area contributed by atoms with Crippen molar-refractivity contribution in [1.29, 1.82) is 0 Å². The average Bonchev–Trinajstić information content (AvgIpc) is 3.67. The zero-order valence-corrected chi connectivity index (χ0v) is 22.4. The van der Waals surface area contributed by atoms with Crippen molar-refractivity contribution in [3.63, 3.8) is 0 Å². The molecule has 0 spiro atoms. The van der Waals surface area contributed by atoms with Gasteiger partial charge in [0, 0.05) is 30.2 Å². The van der Waals surface area contributed by atoms with E-state index in [1.54, 1.807) is 31.2 Å². The minimum absolute atomic E-state index is 0.0234. The molecule has 3 aromatic heterocycles. The number of furan rings is 1. The van der Waals surface area contributed by atoms with Gasteiger partial charge >= 0.3 is 0 Å². The third-order valence-corrected chi connectivity index (χ3v) is 6.81. The van der Waals surface area contributed by atoms with Crippen LogP contribution >= 0.6 is 0 Å². The van der Waals surface area contributed by atoms with Crippen molar-refractivity contribution in [2.24, 2.45) is 0 Å². The molecule has 11 heteroatoms. The number of aromatic amines is 1. The number of aromatic nitrogens is 5. The van der Waals surface area contributed by atoms with Gasteiger partial charge in [0.2, 0.25) is 0 Å². The number of hydrogen-bond donors (Lipinski definition) is 1. The summed E-state index contributed by atoms with van der Waals surface area (Å²) < 4.78 is 24.5. The Morgan fingerprint density at radius 3 is 2.66 bits per heavy atom. The highest BCUT2D eigenvalue weighted by Crippen LogP contribution is 2.35. The van der Waals surface area contributed by atoms with Crippen LogP contribution in [0.1, 0.15) is 56.8 Å². The lowest BCUT2D eigenvalue weighted by atomic mass is 10.0. The lowest BCUT2D eigenvalue weighted by Crippen LogP contribution is -2.40. The monoisotopic (exact) mass is 522 g/mol. The Labute approximate surface area is 220 Å². The Hall–Kier alpha value is -3.70. The van der Waals surface area contributed by atoms with Crippen LogP contribution < -0.4 is 15.0 Å². The van der Waals surface area contributed by atoms with E-state index in [2.05, 4.69) is 25.4 Å². The molecule has 0 radical (unpaired) electrons. The van der Waals surface area contributed by atoms with Crippen LogP contribution in [-0.4, -0.2) is 63.6 Å². The predicted octanol–water partition coefficient (Wildman–Crippen LogP) is 3.65. The average molecular weight is 523 g/mol. The number of fused-ring (bicyclic) bond motifs is 1. The second-order valence-corrected chi connectivity index (χ2v) is 10.5. The van der Waals surface area contributed by atoms with Gasteiger partial charge in [0.05, 0.1) is 44.2 Å². The van der Waals surface area contributed by atoms with Crippen LogP contribution in [0.5, 0.6) is 11.5 Å². The molecule has 4 heterocycles. The van der Waals surface area contributed by atoms with Crippen molar-refractivity contribution in [3.8, 4) is 11.5 Å². The van der Waals surface area contributed by atoms with Crippen molar-refractivity contribution in [2.45, 2.75) is 57.8 Å². The fraction of sp³-hybridized carbons (Fsp3) is 0.481. The van der Waals surface area contributed by atoms with E-state index >= 15 is 0 Å². The Morgan fingerprint density at radius 2 is 2.00 bits per heavy atom. The molecular weight excluding hydrogens is 488 g/mol. The number of nitrogens with one attached hydrogen (secondary N) is 1. The smallest absolute Gasteiger partial charge is 0.253 e. The molecule has 1 aliphatic rings. The number of rotatable bonds is 9. The van der Waals surface area contributed by atoms with E-state index in [4.69, 9.17) is 18.6 Å². The van der Waals surface area contributed by atoms with Gasteiger partial charge in [-0.2, -0.15) is 0 Å². The molecule has 11 nitrogen and oxygen atoms in total. The molecule has 1 aliphatic heterocycles. The summed E-state index contributed by atoms with van der Waals surface area (Å²) in [6, 6.07) is 8.70. The minimum Gasteiger partial charge on any atom is -0.493 e. The molecule has 5 rings (SSSR count). The van der Waals surface area contributed by atoms with Gasteiger partial charge in [0.15, 0.2) is 17.3 Å². The lowest BCUT2D eigenvalue weighted by molar-refractivity contribution is 0.0536. The number of tetrazole rings is 1. The second-order valence-electron chi connectivity index (χ2n) is 10.5. The summed E-state index contributed by atoms with van der Waals surface area (Å²) in [4.78, 5) is 19.0. The summed E-state index contributed by atoms with van der Waals surface area (Å²) in [6.45, 7) is 7.83. The number of pyridine rings is 1. The predicted molar refractivity (Wildman–Crippen MR) is 140 cm³/mol. The van der Waals surface area contributed by atoms with Crippen LogP contribution in [0.2, 0.25) is 0 Å². The maximum absolute atomic E-state index is 13.7. The van der Waals surface area contributed by atoms with Crippen molar-refractivity contribution in [1.82, 2.24) is 30.1 Å². The first-order valence-electron chi connectivity index (χ1n) is 12.7. The highest BCUT2D eigenvalue weighted by molar-refractivity contribution is 5.83. The van der Waals surface area contributed by atoms with E-state index in [1.165, 1.54) is 0 Å². The number of methoxy groups -OCH3 is 2. The quantitative estimate of drug-likeness (QED) is 0.351. The maximum atomic E-state index is 13.7. The molecule has 0 saturated carbocycles. The summed E-state index contributed by atoms with van der Waals surface area (Å²) in [5.74, 6) is 2.44. The van der Waals surface area contributed by atoms with Gasteiger partial charge in [-0.05, 0) is 68.3 Å². The molecule has 1 saturated heterocycles. The number of H-pyrrole nitrogens is 1. The molecule has 1 aromatic carbocycles. The summed E-state index contributed by atoms with van der Waals surface area (Å²) in [5, 5.41) is 13.6. The Kier molecular flexibility index (Phi) is 7.22. The van der Waals surface area contributed by atoms with Crippen molar-refractivity contribution in [3.05, 3.63) is 64.1 Å². The van der Waals surface area contributed by atoms with Crippen LogP contribution in [0.25, 0.3) is 10.9 Å². The van der Waals surface area contributed by atoms with E-state index in [1.807, 2.05) is 45.0 Å². The molecule has 1 fully saturated rings. The van der Waals surface area contributed by atoms with E-state index in [-0.39, 0.29) is 11.7 Å². The Morgan fingerprint density at radius 1 is 1.21 bits per heavy atom. The zero-order chi connectivity index (χ0) is 26.9. The fourth-order valence-electron chi connectivity index (χ4n) is 5.01. The van der Waals surface area contributed by atoms with Gasteiger partial charge in [-0.15, -0.1) is 5.10 Å². The largest absolute Gasteiger partial charge is 0.493 e. The van der Waals surface area contributed by atoms with Crippen LogP contribution in [0.15, 0.2) is 45.8 Å². The summed E-state index contributed by atoms with van der Waals surface area (Å²) in [6.07, 6.45) is 3.62. The van der Waals surface area contributed by atoms with Crippen molar-refractivity contribution >= 4 is 10.9 Å². The number of hydrogen-bond acceptors (Lipinski definition) is 9. The highest BCUT2D eigenvalue weighted by atomic mass is 16.5. The topological polar surface area (TPSA) is 121 Å². The minimum atomic E-state index is -0.584. The Balaban J connectivity index is 1.70. The molecule has 4 aromatic rings. The van der Waals surface area contributed by atoms with E-state index in [9.17, 15) is 4.79 Å². The van der Waals surface area contributed by atoms with Crippen LogP contribution in [-0.2, 0) is 16.8 Å². The summed E-state index contributed by atoms with van der Waals surface area (Å²) in [5.41, 5.74) is 0.490. The van der Waals surface area contributed by atoms with Gasteiger partial charge in [-0.25, -0.2) is 4.68 Å². The molecule has 1 N–H and O–H groups in total. The normalized spacial score (nSPS) is 16.8. The van der Waals surface area contributed by atoms with E-state index < -0.39 is 11.6 Å². The molecule has 0 aliphatic carbocycles. The first-order valence-corrected chi connectivity index (χ1v) is 12.7. The van der Waals surface area contributed by atoms with Crippen LogP contribution in [0.4, 0.5) is 0 Å². The summed E-state index contributed by atoms with van der Waals surface area (Å²) >= 11 is 0. The SMILES string of the molecule is COc1cc2cc([C@@H](c3nnnn3C(C)(C)C)N(Cc3ccco3)C[C@@H]3CCCO3)c(=O)[nH]c2cc1OC. The fourth-order valence-corrected chi connectivity index (χ4v) is 5.01. The number of nitrogens with zero attached hydrogens (tertiary/aromatic N) is 5. The standard InChI is InChI=1S/C27H34N6O5/c1-27(2,3)33-25(29-30-31-33)24(32(15-18-8-6-10-37-18)16-19-9-7-11-38-19)20-12-17-13-22(35-4)23(36-5)14-21(17)28-26(20)34/h6,8,10,12-14,19,24H,7,9,11,15-16H2,1-5H3,(H,28,34)/t19-,24-/m0/s1. The first-order chi connectivity index (χ1) is 18.3. The van der Waals surface area contributed by atoms with Gasteiger partial charge < -0.3 is 23.6 Å². The number of ether oxygens (including phenoxy) is 3. The van der Waals surface area contributed by atoms with E-state index in [0.29, 0.717) is 41.5 Å². The van der Waals surface area contributed by atoms with Crippen molar-refractivity contribution in [2.75, 3.05) is 27.4 Å². The molecule has 38 heavy (non-hydrogen) atoms. The maximum Gasteiger partial charge on any atom is 0.253 e. The summed E-state index contributed by atoms with van der Waals surface area (Å²) in [7, 11) is 3.15. The third kappa shape index (κ3) is 5.16. The third-order valence-electron chi connectivity index (χ3n) is 6.81. The van der Waals surface area contributed by atoms with E-state index in [0.717, 1.165) is 30.6 Å². The molecular formula is C27H34N6O5. The van der Waals surface area contributed by atoms with Crippen LogP contribution in [0, 0.1) is 0 Å². The lowest BCUT2D eigenvalue weighted by Gasteiger charge is -2.33.